The van der Waals surface area contributed by atoms with Crippen LogP contribution in [0.3, 0.4) is 0 Å². The van der Waals surface area contributed by atoms with Crippen molar-refractivity contribution in [3.63, 3.8) is 0 Å². The molecule has 3 heterocycles. The molecule has 0 aliphatic rings. The Bertz CT molecular complexity index is 804. The minimum atomic E-state index is -0.313. The van der Waals surface area contributed by atoms with Crippen molar-refractivity contribution in [1.82, 2.24) is 35.0 Å². The fourth-order valence-electron chi connectivity index (χ4n) is 2.37. The van der Waals surface area contributed by atoms with Gasteiger partial charge in [0, 0.05) is 25.5 Å². The average molecular weight is 329 g/mol. The van der Waals surface area contributed by atoms with Crippen LogP contribution in [0.2, 0.25) is 0 Å². The lowest BCUT2D eigenvalue weighted by atomic mass is 10.0. The smallest absolute Gasteiger partial charge is 0.274 e. The van der Waals surface area contributed by atoms with Gasteiger partial charge in [-0.2, -0.15) is 5.10 Å². The Kier molecular flexibility index (Phi) is 4.41. The van der Waals surface area contributed by atoms with Crippen LogP contribution >= 0.6 is 0 Å². The number of rotatable bonds is 6. The third-order valence-corrected chi connectivity index (χ3v) is 3.65. The highest BCUT2D eigenvalue weighted by molar-refractivity contribution is 5.92. The highest BCUT2D eigenvalue weighted by Crippen LogP contribution is 2.19. The van der Waals surface area contributed by atoms with Gasteiger partial charge in [0.25, 0.3) is 5.91 Å². The van der Waals surface area contributed by atoms with Gasteiger partial charge in [0.15, 0.2) is 17.3 Å². The van der Waals surface area contributed by atoms with E-state index in [1.807, 2.05) is 33.2 Å². The van der Waals surface area contributed by atoms with Crippen molar-refractivity contribution in [2.24, 2.45) is 13.0 Å². The van der Waals surface area contributed by atoms with E-state index in [-0.39, 0.29) is 23.6 Å². The van der Waals surface area contributed by atoms with Gasteiger partial charge >= 0.3 is 0 Å². The van der Waals surface area contributed by atoms with Gasteiger partial charge in [-0.15, -0.1) is 10.2 Å². The quantitative estimate of drug-likeness (QED) is 0.728. The molecule has 0 aliphatic heterocycles. The SMILES string of the molecule is CC(C)[C@H](NC(=O)c1cc(Cn2cccn2)on1)c1nncn1C. The molecule has 0 spiro atoms. The minimum Gasteiger partial charge on any atom is -0.359 e. The lowest BCUT2D eigenvalue weighted by Crippen LogP contribution is -2.33. The van der Waals surface area contributed by atoms with Crippen LogP contribution in [-0.2, 0) is 13.6 Å². The predicted octanol–water partition coefficient (Wildman–Crippen LogP) is 1.17. The second-order valence-electron chi connectivity index (χ2n) is 5.88. The fourth-order valence-corrected chi connectivity index (χ4v) is 2.37. The number of nitrogens with one attached hydrogen (secondary N) is 1. The number of carbonyl (C=O) groups is 1. The van der Waals surface area contributed by atoms with Gasteiger partial charge < -0.3 is 14.4 Å². The summed E-state index contributed by atoms with van der Waals surface area (Å²) in [5, 5.41) is 18.8. The predicted molar refractivity (Wildman–Crippen MR) is 83.9 cm³/mol. The van der Waals surface area contributed by atoms with Gasteiger partial charge in [0.2, 0.25) is 0 Å². The molecule has 0 unspecified atom stereocenters. The molecule has 0 aliphatic carbocycles. The monoisotopic (exact) mass is 329 g/mol. The Balaban J connectivity index is 1.72. The van der Waals surface area contributed by atoms with E-state index in [2.05, 4.69) is 25.8 Å². The highest BCUT2D eigenvalue weighted by atomic mass is 16.5. The first-order chi connectivity index (χ1) is 11.5. The van der Waals surface area contributed by atoms with E-state index in [1.54, 1.807) is 27.8 Å². The molecule has 0 bridgehead atoms. The van der Waals surface area contributed by atoms with Crippen molar-refractivity contribution >= 4 is 5.91 Å². The van der Waals surface area contributed by atoms with Gasteiger partial charge in [0.05, 0.1) is 6.04 Å². The Morgan fingerprint density at radius 1 is 1.42 bits per heavy atom. The lowest BCUT2D eigenvalue weighted by Gasteiger charge is -2.20. The first-order valence-corrected chi connectivity index (χ1v) is 7.62. The van der Waals surface area contributed by atoms with Gasteiger partial charge in [-0.1, -0.05) is 19.0 Å². The number of carbonyl (C=O) groups excluding carboxylic acids is 1. The topological polar surface area (TPSA) is 104 Å². The molecule has 9 heteroatoms. The molecule has 1 amide bonds. The average Bonchev–Trinajstić information content (AvgIpc) is 3.27. The largest absolute Gasteiger partial charge is 0.359 e. The summed E-state index contributed by atoms with van der Waals surface area (Å²) in [7, 11) is 1.84. The molecule has 3 aromatic rings. The van der Waals surface area contributed by atoms with E-state index >= 15 is 0 Å². The van der Waals surface area contributed by atoms with Gasteiger partial charge in [-0.05, 0) is 12.0 Å². The molecule has 1 atom stereocenters. The molecular formula is C15H19N7O2. The molecule has 126 valence electrons. The van der Waals surface area contributed by atoms with Crippen LogP contribution in [-0.4, -0.2) is 35.6 Å². The maximum atomic E-state index is 12.5. The summed E-state index contributed by atoms with van der Waals surface area (Å²) >= 11 is 0. The molecule has 0 aromatic carbocycles. The lowest BCUT2D eigenvalue weighted by molar-refractivity contribution is 0.0913. The summed E-state index contributed by atoms with van der Waals surface area (Å²) in [5.41, 5.74) is 0.227. The molecule has 3 rings (SSSR count). The molecule has 9 nitrogen and oxygen atoms in total. The molecular weight excluding hydrogens is 310 g/mol. The van der Waals surface area contributed by atoms with Crippen LogP contribution in [0.4, 0.5) is 0 Å². The molecule has 0 saturated carbocycles. The number of hydrogen-bond donors (Lipinski definition) is 1. The first kappa shape index (κ1) is 15.9. The summed E-state index contributed by atoms with van der Waals surface area (Å²) < 4.78 is 8.69. The number of aryl methyl sites for hydroxylation is 1. The van der Waals surface area contributed by atoms with Gasteiger partial charge in [0.1, 0.15) is 12.9 Å². The molecule has 0 radical (unpaired) electrons. The first-order valence-electron chi connectivity index (χ1n) is 7.62. The normalized spacial score (nSPS) is 12.5. The van der Waals surface area contributed by atoms with E-state index < -0.39 is 0 Å². The van der Waals surface area contributed by atoms with Crippen molar-refractivity contribution in [3.05, 3.63) is 48.1 Å². The second kappa shape index (κ2) is 6.65. The van der Waals surface area contributed by atoms with Crippen molar-refractivity contribution in [2.75, 3.05) is 0 Å². The third kappa shape index (κ3) is 3.34. The molecule has 0 saturated heterocycles. The molecule has 3 aromatic heterocycles. The summed E-state index contributed by atoms with van der Waals surface area (Å²) in [5.74, 6) is 1.08. The Morgan fingerprint density at radius 3 is 2.88 bits per heavy atom. The van der Waals surface area contributed by atoms with Crippen LogP contribution < -0.4 is 5.32 Å². The Labute approximate surface area is 138 Å². The van der Waals surface area contributed by atoms with Crippen molar-refractivity contribution < 1.29 is 9.32 Å². The number of aromatic nitrogens is 6. The standard InChI is InChI=1S/C15H19N7O2/c1-10(2)13(14-19-16-9-21(14)3)18-15(23)12-7-11(24-20-12)8-22-6-4-5-17-22/h4-7,9-10,13H,8H2,1-3H3,(H,18,23)/t13-/m0/s1. The summed E-state index contributed by atoms with van der Waals surface area (Å²) in [6.07, 6.45) is 5.10. The molecule has 0 fully saturated rings. The van der Waals surface area contributed by atoms with Crippen LogP contribution in [0.1, 0.15) is 42.0 Å². The summed E-state index contributed by atoms with van der Waals surface area (Å²) in [4.78, 5) is 12.5. The number of hydrogen-bond acceptors (Lipinski definition) is 6. The molecule has 1 N–H and O–H groups in total. The Morgan fingerprint density at radius 2 is 2.25 bits per heavy atom. The minimum absolute atomic E-state index is 0.146. The zero-order valence-corrected chi connectivity index (χ0v) is 13.7. The van der Waals surface area contributed by atoms with Crippen LogP contribution in [0.15, 0.2) is 35.4 Å². The van der Waals surface area contributed by atoms with E-state index in [1.165, 1.54) is 0 Å². The zero-order chi connectivity index (χ0) is 17.1. The molecule has 24 heavy (non-hydrogen) atoms. The maximum Gasteiger partial charge on any atom is 0.274 e. The van der Waals surface area contributed by atoms with E-state index in [9.17, 15) is 4.79 Å². The van der Waals surface area contributed by atoms with Crippen LogP contribution in [0.25, 0.3) is 0 Å². The number of amides is 1. The van der Waals surface area contributed by atoms with Gasteiger partial charge in [-0.3, -0.25) is 9.48 Å². The van der Waals surface area contributed by atoms with E-state index in [0.29, 0.717) is 18.1 Å². The van der Waals surface area contributed by atoms with Crippen molar-refractivity contribution in [3.8, 4) is 0 Å². The second-order valence-corrected chi connectivity index (χ2v) is 5.88. The van der Waals surface area contributed by atoms with Crippen LogP contribution in [0.5, 0.6) is 0 Å². The summed E-state index contributed by atoms with van der Waals surface area (Å²) in [6.45, 7) is 4.43. The fraction of sp³-hybridized carbons (Fsp3) is 0.400. The number of nitrogens with zero attached hydrogens (tertiary/aromatic N) is 6. The maximum absolute atomic E-state index is 12.5. The highest BCUT2D eigenvalue weighted by Gasteiger charge is 2.24. The van der Waals surface area contributed by atoms with Crippen LogP contribution in [0, 0.1) is 5.92 Å². The zero-order valence-electron chi connectivity index (χ0n) is 13.7. The van der Waals surface area contributed by atoms with Crippen molar-refractivity contribution in [1.29, 1.82) is 0 Å². The van der Waals surface area contributed by atoms with E-state index in [0.717, 1.165) is 0 Å². The summed E-state index contributed by atoms with van der Waals surface area (Å²) in [6, 6.07) is 3.17. The third-order valence-electron chi connectivity index (χ3n) is 3.65. The van der Waals surface area contributed by atoms with Crippen molar-refractivity contribution in [2.45, 2.75) is 26.4 Å². The Hall–Kier alpha value is -2.97. The van der Waals surface area contributed by atoms with E-state index in [4.69, 9.17) is 4.52 Å². The van der Waals surface area contributed by atoms with Gasteiger partial charge in [-0.25, -0.2) is 0 Å².